The molecule has 0 amide bonds. The molecule has 2 N–H and O–H groups in total. The van der Waals surface area contributed by atoms with Gasteiger partial charge in [0.05, 0.1) is 5.02 Å². The first-order chi connectivity index (χ1) is 8.50. The monoisotopic (exact) mass is 288 g/mol. The Balaban J connectivity index is 2.40. The fourth-order valence-electron chi connectivity index (χ4n) is 1.99. The summed E-state index contributed by atoms with van der Waals surface area (Å²) in [6.07, 6.45) is 1.87. The van der Waals surface area contributed by atoms with Crippen LogP contribution in [0.3, 0.4) is 0 Å². The van der Waals surface area contributed by atoms with Crippen LogP contribution in [0.25, 0.3) is 0 Å². The lowest BCUT2D eigenvalue weighted by atomic mass is 10.2. The van der Waals surface area contributed by atoms with E-state index in [4.69, 9.17) is 17.3 Å². The molecule has 0 heterocycles. The maximum absolute atomic E-state index is 12.5. The Morgan fingerprint density at radius 1 is 1.44 bits per heavy atom. The second kappa shape index (κ2) is 5.17. The maximum atomic E-state index is 12.5. The lowest BCUT2D eigenvalue weighted by molar-refractivity contribution is 0.421. The van der Waals surface area contributed by atoms with Gasteiger partial charge < -0.3 is 5.73 Å². The van der Waals surface area contributed by atoms with Crippen molar-refractivity contribution in [3.63, 3.8) is 0 Å². The van der Waals surface area contributed by atoms with Crippen LogP contribution in [-0.4, -0.2) is 25.3 Å². The minimum atomic E-state index is -3.48. The lowest BCUT2D eigenvalue weighted by Crippen LogP contribution is -2.33. The molecule has 18 heavy (non-hydrogen) atoms. The van der Waals surface area contributed by atoms with Crippen LogP contribution in [0.1, 0.15) is 25.3 Å². The van der Waals surface area contributed by atoms with Crippen molar-refractivity contribution >= 4 is 21.6 Å². The van der Waals surface area contributed by atoms with E-state index in [1.807, 2.05) is 6.92 Å². The van der Waals surface area contributed by atoms with E-state index in [1.165, 1.54) is 4.31 Å². The first kappa shape index (κ1) is 13.8. The molecule has 1 aromatic carbocycles. The zero-order valence-corrected chi connectivity index (χ0v) is 11.8. The smallest absolute Gasteiger partial charge is 0.244 e. The summed E-state index contributed by atoms with van der Waals surface area (Å²) in [7, 11) is -3.48. The van der Waals surface area contributed by atoms with E-state index in [9.17, 15) is 8.42 Å². The Labute approximate surface area is 113 Å². The summed E-state index contributed by atoms with van der Waals surface area (Å²) in [4.78, 5) is 0.176. The van der Waals surface area contributed by atoms with Crippen LogP contribution < -0.4 is 5.73 Å². The normalized spacial score (nSPS) is 16.2. The Hall–Kier alpha value is -0.620. The third-order valence-corrected chi connectivity index (χ3v) is 5.59. The summed E-state index contributed by atoms with van der Waals surface area (Å²) >= 11 is 6.06. The number of nitrogens with zero attached hydrogens (tertiary/aromatic N) is 1. The zero-order valence-electron chi connectivity index (χ0n) is 10.3. The molecule has 0 saturated heterocycles. The number of hydrogen-bond donors (Lipinski definition) is 1. The van der Waals surface area contributed by atoms with Gasteiger partial charge in [-0.2, -0.15) is 4.31 Å². The van der Waals surface area contributed by atoms with Gasteiger partial charge in [-0.15, -0.1) is 0 Å². The molecule has 100 valence electrons. The highest BCUT2D eigenvalue weighted by Gasteiger charge is 2.37. The molecule has 1 aliphatic rings. The highest BCUT2D eigenvalue weighted by molar-refractivity contribution is 7.89. The molecule has 0 radical (unpaired) electrons. The summed E-state index contributed by atoms with van der Waals surface area (Å²) in [6, 6.07) is 5.02. The molecule has 1 aromatic rings. The Bertz CT molecular complexity index is 541. The predicted octanol–water partition coefficient (Wildman–Crippen LogP) is 1.97. The molecule has 2 rings (SSSR count). The van der Waals surface area contributed by atoms with Crippen LogP contribution in [0.2, 0.25) is 5.02 Å². The molecule has 0 unspecified atom stereocenters. The minimum absolute atomic E-state index is 0.144. The first-order valence-corrected chi connectivity index (χ1v) is 7.82. The van der Waals surface area contributed by atoms with Gasteiger partial charge in [0.25, 0.3) is 0 Å². The molecule has 0 spiro atoms. The lowest BCUT2D eigenvalue weighted by Gasteiger charge is -2.20. The number of benzene rings is 1. The van der Waals surface area contributed by atoms with Crippen molar-refractivity contribution in [2.45, 2.75) is 37.2 Å². The van der Waals surface area contributed by atoms with Gasteiger partial charge in [0.15, 0.2) is 0 Å². The largest absolute Gasteiger partial charge is 0.326 e. The third-order valence-electron chi connectivity index (χ3n) is 3.08. The Morgan fingerprint density at radius 3 is 2.56 bits per heavy atom. The third kappa shape index (κ3) is 2.54. The summed E-state index contributed by atoms with van der Waals surface area (Å²) < 4.78 is 26.5. The zero-order chi connectivity index (χ0) is 13.3. The van der Waals surface area contributed by atoms with Crippen LogP contribution in [0.5, 0.6) is 0 Å². The van der Waals surface area contributed by atoms with Gasteiger partial charge >= 0.3 is 0 Å². The van der Waals surface area contributed by atoms with Gasteiger partial charge in [0.1, 0.15) is 4.90 Å². The molecule has 1 aliphatic carbocycles. The number of sulfonamides is 1. The first-order valence-electron chi connectivity index (χ1n) is 6.01. The Morgan fingerprint density at radius 2 is 2.11 bits per heavy atom. The van der Waals surface area contributed by atoms with Crippen LogP contribution >= 0.6 is 11.6 Å². The second-order valence-electron chi connectivity index (χ2n) is 4.41. The molecule has 0 aromatic heterocycles. The number of halogens is 1. The van der Waals surface area contributed by atoms with Crippen molar-refractivity contribution in [2.75, 3.05) is 6.54 Å². The molecule has 0 atom stereocenters. The highest BCUT2D eigenvalue weighted by Crippen LogP contribution is 2.34. The standard InChI is InChI=1S/C12H17ClN2O2S/c1-2-15(10-4-5-10)18(16,17)12-6-3-9(8-14)7-11(12)13/h3,6-7,10H,2,4-5,8,14H2,1H3. The van der Waals surface area contributed by atoms with Crippen molar-refractivity contribution in [3.05, 3.63) is 28.8 Å². The summed E-state index contributed by atoms with van der Waals surface area (Å²) in [5.74, 6) is 0. The second-order valence-corrected chi connectivity index (χ2v) is 6.67. The molecule has 1 saturated carbocycles. The summed E-state index contributed by atoms with van der Waals surface area (Å²) in [6.45, 7) is 2.67. The fraction of sp³-hybridized carbons (Fsp3) is 0.500. The van der Waals surface area contributed by atoms with Gasteiger partial charge in [-0.25, -0.2) is 8.42 Å². The van der Waals surface area contributed by atoms with Gasteiger partial charge in [-0.1, -0.05) is 24.6 Å². The molecule has 0 bridgehead atoms. The van der Waals surface area contributed by atoms with Crippen molar-refractivity contribution in [3.8, 4) is 0 Å². The van der Waals surface area contributed by atoms with Gasteiger partial charge in [-0.05, 0) is 30.5 Å². The van der Waals surface area contributed by atoms with Gasteiger partial charge in [-0.3, -0.25) is 0 Å². The van der Waals surface area contributed by atoms with E-state index in [2.05, 4.69) is 0 Å². The van der Waals surface area contributed by atoms with E-state index in [0.29, 0.717) is 13.1 Å². The van der Waals surface area contributed by atoms with E-state index in [1.54, 1.807) is 18.2 Å². The predicted molar refractivity (Wildman–Crippen MR) is 71.9 cm³/mol. The summed E-state index contributed by atoms with van der Waals surface area (Å²) in [5.41, 5.74) is 6.33. The quantitative estimate of drug-likeness (QED) is 0.901. The number of nitrogens with two attached hydrogens (primary N) is 1. The number of rotatable bonds is 5. The molecular formula is C12H17ClN2O2S. The molecule has 4 nitrogen and oxygen atoms in total. The molecule has 6 heteroatoms. The average molecular weight is 289 g/mol. The van der Waals surface area contributed by atoms with E-state index >= 15 is 0 Å². The highest BCUT2D eigenvalue weighted by atomic mass is 35.5. The van der Waals surface area contributed by atoms with E-state index in [-0.39, 0.29) is 16.0 Å². The molecule has 0 aliphatic heterocycles. The fourth-order valence-corrected chi connectivity index (χ4v) is 4.23. The molecular weight excluding hydrogens is 272 g/mol. The summed E-state index contributed by atoms with van der Waals surface area (Å²) in [5, 5.41) is 0.247. The number of hydrogen-bond acceptors (Lipinski definition) is 3. The topological polar surface area (TPSA) is 63.4 Å². The Kier molecular flexibility index (Phi) is 3.96. The average Bonchev–Trinajstić information content (AvgIpc) is 3.13. The van der Waals surface area contributed by atoms with Crippen molar-refractivity contribution in [1.82, 2.24) is 4.31 Å². The van der Waals surface area contributed by atoms with Crippen molar-refractivity contribution in [1.29, 1.82) is 0 Å². The van der Waals surface area contributed by atoms with Crippen molar-refractivity contribution < 1.29 is 8.42 Å². The maximum Gasteiger partial charge on any atom is 0.244 e. The van der Waals surface area contributed by atoms with E-state index in [0.717, 1.165) is 18.4 Å². The molecule has 1 fully saturated rings. The van der Waals surface area contributed by atoms with Crippen LogP contribution in [0.4, 0.5) is 0 Å². The van der Waals surface area contributed by atoms with Crippen molar-refractivity contribution in [2.24, 2.45) is 5.73 Å². The SMILES string of the molecule is CCN(C1CC1)S(=O)(=O)c1ccc(CN)cc1Cl. The van der Waals surface area contributed by atoms with E-state index < -0.39 is 10.0 Å². The van der Waals surface area contributed by atoms with Crippen LogP contribution in [0.15, 0.2) is 23.1 Å². The van der Waals surface area contributed by atoms with Gasteiger partial charge in [0, 0.05) is 19.1 Å². The van der Waals surface area contributed by atoms with Gasteiger partial charge in [0.2, 0.25) is 10.0 Å². The van der Waals surface area contributed by atoms with Crippen LogP contribution in [0, 0.1) is 0 Å². The minimum Gasteiger partial charge on any atom is -0.326 e. The van der Waals surface area contributed by atoms with Crippen LogP contribution in [-0.2, 0) is 16.6 Å².